The van der Waals surface area contributed by atoms with Crippen molar-refractivity contribution in [1.29, 1.82) is 0 Å². The van der Waals surface area contributed by atoms with Gasteiger partial charge in [0.2, 0.25) is 0 Å². The van der Waals surface area contributed by atoms with Crippen molar-refractivity contribution in [1.82, 2.24) is 5.32 Å². The minimum Gasteiger partial charge on any atom is -0.445 e. The number of imide groups is 1. The van der Waals surface area contributed by atoms with Crippen LogP contribution in [0.3, 0.4) is 0 Å². The molecule has 5 nitrogen and oxygen atoms in total. The van der Waals surface area contributed by atoms with E-state index in [2.05, 4.69) is 0 Å². The SMILES string of the molecule is O=C(NC(=O)OCc1ccccc1)OC/C=C/Cc1ccccc1. The van der Waals surface area contributed by atoms with Crippen molar-refractivity contribution in [3.05, 3.63) is 83.9 Å². The largest absolute Gasteiger partial charge is 0.445 e. The molecule has 0 aliphatic rings. The number of benzene rings is 2. The van der Waals surface area contributed by atoms with Crippen molar-refractivity contribution in [2.75, 3.05) is 6.61 Å². The maximum Gasteiger partial charge on any atom is 0.416 e. The second-order valence-electron chi connectivity index (χ2n) is 4.95. The van der Waals surface area contributed by atoms with Gasteiger partial charge >= 0.3 is 12.2 Å². The van der Waals surface area contributed by atoms with Crippen LogP contribution in [0, 0.1) is 0 Å². The van der Waals surface area contributed by atoms with Gasteiger partial charge < -0.3 is 9.47 Å². The zero-order valence-electron chi connectivity index (χ0n) is 13.2. The highest BCUT2D eigenvalue weighted by Gasteiger charge is 2.09. The van der Waals surface area contributed by atoms with Gasteiger partial charge in [0.1, 0.15) is 13.2 Å². The maximum atomic E-state index is 11.4. The van der Waals surface area contributed by atoms with Gasteiger partial charge in [0.05, 0.1) is 0 Å². The molecule has 1 N–H and O–H groups in total. The third-order valence-electron chi connectivity index (χ3n) is 3.09. The summed E-state index contributed by atoms with van der Waals surface area (Å²) in [7, 11) is 0. The van der Waals surface area contributed by atoms with Crippen LogP contribution in [0.1, 0.15) is 11.1 Å². The van der Waals surface area contributed by atoms with Crippen molar-refractivity contribution in [2.24, 2.45) is 0 Å². The van der Waals surface area contributed by atoms with Crippen LogP contribution in [-0.4, -0.2) is 18.8 Å². The first-order chi connectivity index (χ1) is 11.7. The van der Waals surface area contributed by atoms with Crippen LogP contribution in [-0.2, 0) is 22.5 Å². The molecule has 0 saturated heterocycles. The zero-order chi connectivity index (χ0) is 17.0. The molecule has 0 radical (unpaired) electrons. The molecule has 0 atom stereocenters. The third kappa shape index (κ3) is 6.79. The van der Waals surface area contributed by atoms with E-state index >= 15 is 0 Å². The molecule has 2 rings (SSSR count). The van der Waals surface area contributed by atoms with Crippen molar-refractivity contribution in [3.63, 3.8) is 0 Å². The second kappa shape index (κ2) is 9.84. The molecule has 2 aromatic rings. The number of rotatable bonds is 6. The predicted octanol–water partition coefficient (Wildman–Crippen LogP) is 3.85. The van der Waals surface area contributed by atoms with Gasteiger partial charge in [-0.1, -0.05) is 72.8 Å². The Labute approximate surface area is 140 Å². The Balaban J connectivity index is 1.59. The fourth-order valence-corrected chi connectivity index (χ4v) is 1.90. The molecule has 2 amide bonds. The van der Waals surface area contributed by atoms with Crippen LogP contribution in [0.4, 0.5) is 9.59 Å². The van der Waals surface area contributed by atoms with Crippen LogP contribution in [0.15, 0.2) is 72.8 Å². The molecule has 24 heavy (non-hydrogen) atoms. The summed E-state index contributed by atoms with van der Waals surface area (Å²) in [6.45, 7) is 0.182. The number of allylic oxidation sites excluding steroid dienone is 1. The number of amides is 2. The van der Waals surface area contributed by atoms with Crippen LogP contribution >= 0.6 is 0 Å². The van der Waals surface area contributed by atoms with Crippen molar-refractivity contribution in [2.45, 2.75) is 13.0 Å². The summed E-state index contributed by atoms with van der Waals surface area (Å²) in [4.78, 5) is 22.9. The predicted molar refractivity (Wildman–Crippen MR) is 90.4 cm³/mol. The quantitative estimate of drug-likeness (QED) is 0.819. The number of carbonyl (C=O) groups is 2. The number of nitrogens with one attached hydrogen (secondary N) is 1. The lowest BCUT2D eigenvalue weighted by molar-refractivity contribution is 0.125. The Morgan fingerprint density at radius 3 is 2.04 bits per heavy atom. The molecule has 0 bridgehead atoms. The van der Waals surface area contributed by atoms with E-state index in [1.165, 1.54) is 5.56 Å². The molecule has 0 saturated carbocycles. The van der Waals surface area contributed by atoms with Gasteiger partial charge in [-0.05, 0) is 17.5 Å². The van der Waals surface area contributed by atoms with E-state index in [1.54, 1.807) is 6.08 Å². The van der Waals surface area contributed by atoms with Crippen molar-refractivity contribution in [3.8, 4) is 0 Å². The highest BCUT2D eigenvalue weighted by molar-refractivity contribution is 5.87. The Kier molecular flexibility index (Phi) is 7.08. The number of hydrogen-bond acceptors (Lipinski definition) is 4. The molecule has 0 aliphatic carbocycles. The van der Waals surface area contributed by atoms with E-state index in [4.69, 9.17) is 9.47 Å². The molecule has 0 spiro atoms. The van der Waals surface area contributed by atoms with E-state index < -0.39 is 12.2 Å². The highest BCUT2D eigenvalue weighted by atomic mass is 16.6. The molecular weight excluding hydrogens is 306 g/mol. The number of alkyl carbamates (subject to hydrolysis) is 2. The zero-order valence-corrected chi connectivity index (χ0v) is 13.2. The van der Waals surface area contributed by atoms with Gasteiger partial charge in [-0.3, -0.25) is 0 Å². The monoisotopic (exact) mass is 325 g/mol. The van der Waals surface area contributed by atoms with Crippen molar-refractivity contribution < 1.29 is 19.1 Å². The molecular formula is C19H19NO4. The standard InChI is InChI=1S/C19H19NO4/c21-18(20-19(22)24-15-17-12-5-2-6-13-17)23-14-8-7-11-16-9-3-1-4-10-16/h1-10,12-13H,11,14-15H2,(H,20,21,22)/b8-7+. The average molecular weight is 325 g/mol. The van der Waals surface area contributed by atoms with Crippen LogP contribution in [0.5, 0.6) is 0 Å². The lowest BCUT2D eigenvalue weighted by Crippen LogP contribution is -2.31. The lowest BCUT2D eigenvalue weighted by atomic mass is 10.1. The smallest absolute Gasteiger partial charge is 0.416 e. The second-order valence-corrected chi connectivity index (χ2v) is 4.95. The summed E-state index contributed by atoms with van der Waals surface area (Å²) in [6.07, 6.45) is 2.71. The van der Waals surface area contributed by atoms with E-state index in [9.17, 15) is 9.59 Å². The Morgan fingerprint density at radius 1 is 0.792 bits per heavy atom. The lowest BCUT2D eigenvalue weighted by Gasteiger charge is -2.06. The first kappa shape index (κ1) is 17.3. The fourth-order valence-electron chi connectivity index (χ4n) is 1.90. The molecule has 2 aromatic carbocycles. The van der Waals surface area contributed by atoms with Gasteiger partial charge in [-0.15, -0.1) is 0 Å². The molecule has 0 aromatic heterocycles. The molecule has 0 heterocycles. The van der Waals surface area contributed by atoms with Crippen LogP contribution in [0.2, 0.25) is 0 Å². The molecule has 0 unspecified atom stereocenters. The number of ether oxygens (including phenoxy) is 2. The molecule has 124 valence electrons. The van der Waals surface area contributed by atoms with Gasteiger partial charge in [-0.2, -0.15) is 0 Å². The summed E-state index contributed by atoms with van der Waals surface area (Å²) in [5, 5.41) is 2.00. The summed E-state index contributed by atoms with van der Waals surface area (Å²) < 4.78 is 9.78. The normalized spacial score (nSPS) is 10.3. The van der Waals surface area contributed by atoms with Gasteiger partial charge in [0, 0.05) is 0 Å². The van der Waals surface area contributed by atoms with Gasteiger partial charge in [-0.25, -0.2) is 14.9 Å². The fraction of sp³-hybridized carbons (Fsp3) is 0.158. The third-order valence-corrected chi connectivity index (χ3v) is 3.09. The van der Waals surface area contributed by atoms with E-state index in [0.29, 0.717) is 0 Å². The Bertz CT molecular complexity index is 668. The molecule has 5 heteroatoms. The van der Waals surface area contributed by atoms with Crippen LogP contribution in [0.25, 0.3) is 0 Å². The van der Waals surface area contributed by atoms with Gasteiger partial charge in [0.25, 0.3) is 0 Å². The highest BCUT2D eigenvalue weighted by Crippen LogP contribution is 2.01. The first-order valence-corrected chi connectivity index (χ1v) is 7.57. The summed E-state index contributed by atoms with van der Waals surface area (Å²) in [6, 6.07) is 19.1. The minimum absolute atomic E-state index is 0.0879. The Hall–Kier alpha value is -3.08. The number of hydrogen-bond donors (Lipinski definition) is 1. The summed E-state index contributed by atoms with van der Waals surface area (Å²) >= 11 is 0. The molecule has 0 fully saturated rings. The average Bonchev–Trinajstić information content (AvgIpc) is 2.61. The van der Waals surface area contributed by atoms with Crippen molar-refractivity contribution >= 4 is 12.2 Å². The van der Waals surface area contributed by atoms with Gasteiger partial charge in [0.15, 0.2) is 0 Å². The van der Waals surface area contributed by atoms with E-state index in [0.717, 1.165) is 12.0 Å². The minimum atomic E-state index is -0.836. The van der Waals surface area contributed by atoms with E-state index in [1.807, 2.05) is 72.1 Å². The maximum absolute atomic E-state index is 11.4. The topological polar surface area (TPSA) is 64.6 Å². The summed E-state index contributed by atoms with van der Waals surface area (Å²) in [5.74, 6) is 0. The van der Waals surface area contributed by atoms with Crippen LogP contribution < -0.4 is 5.32 Å². The number of carbonyl (C=O) groups excluding carboxylic acids is 2. The first-order valence-electron chi connectivity index (χ1n) is 7.57. The van der Waals surface area contributed by atoms with E-state index in [-0.39, 0.29) is 13.2 Å². The Morgan fingerprint density at radius 2 is 1.38 bits per heavy atom. The molecule has 0 aliphatic heterocycles. The summed E-state index contributed by atoms with van der Waals surface area (Å²) in [5.41, 5.74) is 2.01.